The van der Waals surface area contributed by atoms with Crippen molar-refractivity contribution >= 4 is 17.3 Å². The Hall–Kier alpha value is -0.960. The van der Waals surface area contributed by atoms with Crippen LogP contribution in [0.3, 0.4) is 0 Å². The van der Waals surface area contributed by atoms with Crippen LogP contribution in [0.5, 0.6) is 0 Å². The lowest BCUT2D eigenvalue weighted by Gasteiger charge is -2.35. The molecule has 0 aliphatic carbocycles. The van der Waals surface area contributed by atoms with Gasteiger partial charge in [-0.05, 0) is 19.9 Å². The van der Waals surface area contributed by atoms with Gasteiger partial charge in [0.25, 0.3) is 5.56 Å². The van der Waals surface area contributed by atoms with Gasteiger partial charge < -0.3 is 9.47 Å². The van der Waals surface area contributed by atoms with E-state index >= 15 is 0 Å². The highest BCUT2D eigenvalue weighted by Crippen LogP contribution is 2.21. The number of hydrogen-bond donors (Lipinski definition) is 0. The Bertz CT molecular complexity index is 398. The average molecular weight is 229 g/mol. The molecule has 1 heterocycles. The number of aromatic nitrogens is 1. The van der Waals surface area contributed by atoms with Crippen molar-refractivity contribution in [1.82, 2.24) is 4.57 Å². The van der Waals surface area contributed by atoms with Crippen molar-refractivity contribution in [3.05, 3.63) is 28.7 Å². The molecule has 0 bridgehead atoms. The van der Waals surface area contributed by atoms with Gasteiger partial charge >= 0.3 is 0 Å². The maximum Gasteiger partial charge on any atom is 0.252 e. The predicted octanol–water partition coefficient (Wildman–Crippen LogP) is 1.84. The Morgan fingerprint density at radius 2 is 2.13 bits per heavy atom. The summed E-state index contributed by atoms with van der Waals surface area (Å²) < 4.78 is 1.55. The third kappa shape index (κ3) is 2.53. The molecular formula is C11H17ClN2O. The van der Waals surface area contributed by atoms with Crippen LogP contribution in [0.4, 0.5) is 5.69 Å². The first kappa shape index (κ1) is 12.1. The third-order valence-electron chi connectivity index (χ3n) is 2.71. The lowest BCUT2D eigenvalue weighted by Crippen LogP contribution is -2.43. The second kappa shape index (κ2) is 4.27. The Labute approximate surface area is 95.3 Å². The first-order valence-corrected chi connectivity index (χ1v) is 5.38. The molecule has 0 amide bonds. The van der Waals surface area contributed by atoms with E-state index in [0.717, 1.165) is 5.69 Å². The summed E-state index contributed by atoms with van der Waals surface area (Å²) in [6.07, 6.45) is 1.76. The van der Waals surface area contributed by atoms with E-state index in [1.165, 1.54) is 0 Å². The molecule has 0 aromatic carbocycles. The summed E-state index contributed by atoms with van der Waals surface area (Å²) in [6, 6.07) is 3.53. The van der Waals surface area contributed by atoms with Gasteiger partial charge in [0.15, 0.2) is 0 Å². The average Bonchev–Trinajstić information content (AvgIpc) is 2.21. The van der Waals surface area contributed by atoms with Gasteiger partial charge in [0.05, 0.1) is 0 Å². The SMILES string of the molecule is CN(c1ccn(C)c(=O)c1)C(C)(C)CCl. The smallest absolute Gasteiger partial charge is 0.252 e. The van der Waals surface area contributed by atoms with Crippen molar-refractivity contribution in [3.63, 3.8) is 0 Å². The zero-order valence-corrected chi connectivity index (χ0v) is 10.4. The van der Waals surface area contributed by atoms with Crippen LogP contribution >= 0.6 is 11.6 Å². The topological polar surface area (TPSA) is 25.2 Å². The Morgan fingerprint density at radius 1 is 1.53 bits per heavy atom. The minimum atomic E-state index is -0.159. The normalized spacial score (nSPS) is 11.5. The van der Waals surface area contributed by atoms with Gasteiger partial charge in [0.1, 0.15) is 0 Å². The molecule has 84 valence electrons. The molecule has 0 fully saturated rings. The van der Waals surface area contributed by atoms with Gasteiger partial charge in [0, 0.05) is 43.5 Å². The number of anilines is 1. The summed E-state index contributed by atoms with van der Waals surface area (Å²) in [7, 11) is 3.68. The van der Waals surface area contributed by atoms with Crippen molar-refractivity contribution in [3.8, 4) is 0 Å². The van der Waals surface area contributed by atoms with Crippen LogP contribution in [0.1, 0.15) is 13.8 Å². The van der Waals surface area contributed by atoms with E-state index in [-0.39, 0.29) is 11.1 Å². The number of nitrogens with zero attached hydrogens (tertiary/aromatic N) is 2. The molecule has 0 radical (unpaired) electrons. The second-order valence-corrected chi connectivity index (χ2v) is 4.61. The number of pyridine rings is 1. The van der Waals surface area contributed by atoms with Crippen molar-refractivity contribution < 1.29 is 0 Å². The van der Waals surface area contributed by atoms with E-state index in [1.807, 2.05) is 31.9 Å². The highest BCUT2D eigenvalue weighted by Gasteiger charge is 2.22. The van der Waals surface area contributed by atoms with Crippen molar-refractivity contribution in [2.75, 3.05) is 17.8 Å². The van der Waals surface area contributed by atoms with Gasteiger partial charge in [-0.1, -0.05) is 0 Å². The van der Waals surface area contributed by atoms with Crippen LogP contribution in [0.25, 0.3) is 0 Å². The molecule has 3 nitrogen and oxygen atoms in total. The van der Waals surface area contributed by atoms with E-state index in [0.29, 0.717) is 5.88 Å². The molecule has 4 heteroatoms. The van der Waals surface area contributed by atoms with Crippen LogP contribution < -0.4 is 10.5 Å². The molecule has 1 rings (SSSR count). The fourth-order valence-electron chi connectivity index (χ4n) is 1.19. The minimum Gasteiger partial charge on any atom is -0.368 e. The number of aryl methyl sites for hydroxylation is 1. The van der Waals surface area contributed by atoms with E-state index in [4.69, 9.17) is 11.6 Å². The van der Waals surface area contributed by atoms with Gasteiger partial charge in [-0.25, -0.2) is 0 Å². The third-order valence-corrected chi connectivity index (χ3v) is 3.36. The van der Waals surface area contributed by atoms with Gasteiger partial charge in [-0.3, -0.25) is 4.79 Å². The minimum absolute atomic E-state index is 0.00952. The lowest BCUT2D eigenvalue weighted by molar-refractivity contribution is 0.544. The van der Waals surface area contributed by atoms with E-state index < -0.39 is 0 Å². The standard InChI is InChI=1S/C11H17ClN2O/c1-11(2,8-12)14(4)9-5-6-13(3)10(15)7-9/h5-7H,8H2,1-4H3. The highest BCUT2D eigenvalue weighted by atomic mass is 35.5. The Kier molecular flexibility index (Phi) is 3.45. The molecule has 0 aliphatic rings. The van der Waals surface area contributed by atoms with Crippen LogP contribution in [-0.2, 0) is 7.05 Å². The van der Waals surface area contributed by atoms with Crippen molar-refractivity contribution in [2.24, 2.45) is 7.05 Å². The molecule has 0 N–H and O–H groups in total. The number of alkyl halides is 1. The molecule has 0 spiro atoms. The lowest BCUT2D eigenvalue weighted by atomic mass is 10.1. The van der Waals surface area contributed by atoms with E-state index in [9.17, 15) is 4.79 Å². The van der Waals surface area contributed by atoms with E-state index in [1.54, 1.807) is 23.9 Å². The van der Waals surface area contributed by atoms with Gasteiger partial charge in [0.2, 0.25) is 0 Å². The summed E-state index contributed by atoms with van der Waals surface area (Å²) in [6.45, 7) is 4.08. The second-order valence-electron chi connectivity index (χ2n) is 4.34. The summed E-state index contributed by atoms with van der Waals surface area (Å²) in [5, 5.41) is 0. The Morgan fingerprint density at radius 3 is 2.60 bits per heavy atom. The largest absolute Gasteiger partial charge is 0.368 e. The van der Waals surface area contributed by atoms with Gasteiger partial charge in [-0.15, -0.1) is 11.6 Å². The highest BCUT2D eigenvalue weighted by molar-refractivity contribution is 6.18. The number of hydrogen-bond acceptors (Lipinski definition) is 2. The van der Waals surface area contributed by atoms with E-state index in [2.05, 4.69) is 0 Å². The zero-order valence-electron chi connectivity index (χ0n) is 9.62. The molecule has 0 saturated heterocycles. The maximum absolute atomic E-state index is 11.5. The maximum atomic E-state index is 11.5. The molecule has 0 saturated carbocycles. The molecule has 1 aromatic heterocycles. The predicted molar refractivity (Wildman–Crippen MR) is 64.9 cm³/mol. The van der Waals surface area contributed by atoms with Crippen molar-refractivity contribution in [1.29, 1.82) is 0 Å². The van der Waals surface area contributed by atoms with Crippen LogP contribution in [0.2, 0.25) is 0 Å². The molecule has 0 unspecified atom stereocenters. The first-order valence-electron chi connectivity index (χ1n) is 4.85. The zero-order chi connectivity index (χ0) is 11.6. The summed E-state index contributed by atoms with van der Waals surface area (Å²) in [5.41, 5.74) is 0.724. The van der Waals surface area contributed by atoms with Crippen LogP contribution in [0.15, 0.2) is 23.1 Å². The molecular weight excluding hydrogens is 212 g/mol. The Balaban J connectivity index is 3.07. The van der Waals surface area contributed by atoms with Crippen LogP contribution in [-0.4, -0.2) is 23.0 Å². The summed E-state index contributed by atoms with van der Waals surface area (Å²) in [5.74, 6) is 0.513. The first-order chi connectivity index (χ1) is 6.88. The number of halogens is 1. The fourth-order valence-corrected chi connectivity index (χ4v) is 1.37. The molecule has 15 heavy (non-hydrogen) atoms. The molecule has 0 atom stereocenters. The number of rotatable bonds is 3. The monoisotopic (exact) mass is 228 g/mol. The van der Waals surface area contributed by atoms with Crippen LogP contribution in [0, 0.1) is 0 Å². The summed E-state index contributed by atoms with van der Waals surface area (Å²) in [4.78, 5) is 13.5. The van der Waals surface area contributed by atoms with Crippen molar-refractivity contribution in [2.45, 2.75) is 19.4 Å². The molecule has 0 aliphatic heterocycles. The summed E-state index contributed by atoms with van der Waals surface area (Å²) >= 11 is 5.88. The molecule has 1 aromatic rings. The fraction of sp³-hybridized carbons (Fsp3) is 0.545. The van der Waals surface area contributed by atoms with Gasteiger partial charge in [-0.2, -0.15) is 0 Å². The quantitative estimate of drug-likeness (QED) is 0.738.